The van der Waals surface area contributed by atoms with Crippen LogP contribution in [0.2, 0.25) is 0 Å². The first-order valence-corrected chi connectivity index (χ1v) is 27.2. The zero-order chi connectivity index (χ0) is 57.4. The normalized spacial score (nSPS) is 16.2. The molecule has 0 amide bonds. The molecule has 4 heteroatoms. The van der Waals surface area contributed by atoms with Gasteiger partial charge in [0, 0.05) is 62.0 Å². The van der Waals surface area contributed by atoms with E-state index in [2.05, 4.69) is 245 Å². The summed E-state index contributed by atoms with van der Waals surface area (Å²) in [4.78, 5) is 6.90. The Morgan fingerprint density at radius 3 is 1.42 bits per heavy atom. The number of rotatable bonds is 5. The van der Waals surface area contributed by atoms with E-state index in [0.29, 0.717) is 11.4 Å². The molecule has 2 aliphatic carbocycles. The van der Waals surface area contributed by atoms with Crippen LogP contribution in [0.15, 0.2) is 188 Å². The van der Waals surface area contributed by atoms with Gasteiger partial charge >= 0.3 is 0 Å². The van der Waals surface area contributed by atoms with Crippen LogP contribution >= 0.6 is 0 Å². The fraction of sp³-hybridized carbons (Fsp3) is 0.250. The van der Waals surface area contributed by atoms with Crippen molar-refractivity contribution in [1.29, 1.82) is 0 Å². The summed E-state index contributed by atoms with van der Waals surface area (Å²) < 4.78 is 45.7. The van der Waals surface area contributed by atoms with Gasteiger partial charge in [-0.25, -0.2) is 0 Å². The van der Waals surface area contributed by atoms with E-state index < -0.39 is 6.04 Å². The Kier molecular flexibility index (Phi) is 9.24. The predicted molar refractivity (Wildman–Crippen MR) is 326 cm³/mol. The highest BCUT2D eigenvalue weighted by atomic mass is 15.2. The first-order valence-electron chi connectivity index (χ1n) is 29.7. The highest BCUT2D eigenvalue weighted by molar-refractivity contribution is 7.00. The standard InChI is InChI=1S/C72H70BN3/c1-68(2,3)45-27-30-49(31-28-45)74(48-21-15-14-16-22-48)52-34-37-61-64(44-52)76(51-33-36-56-54-24-18-20-26-58(54)72(12,13)60(56)43-51)66-41-47(70(7,8)9)40-65-67(66)73(61)62-39-46(69(4,5)6)29-38-63(62)75(65)50-32-35-55-53-23-17-19-25-57(53)71(10,11)59(55)42-50/h14-44H,1-13H3/i14D,15D,16D,21D,22D. The van der Waals surface area contributed by atoms with Gasteiger partial charge in [0.2, 0.25) is 0 Å². The predicted octanol–water partition coefficient (Wildman–Crippen LogP) is 17.7. The molecule has 0 radical (unpaired) electrons. The van der Waals surface area contributed by atoms with Crippen LogP contribution in [0, 0.1) is 0 Å². The lowest BCUT2D eigenvalue weighted by Gasteiger charge is -2.46. The van der Waals surface area contributed by atoms with Crippen molar-refractivity contribution in [2.24, 2.45) is 0 Å². The van der Waals surface area contributed by atoms with Gasteiger partial charge in [0.1, 0.15) is 0 Å². The highest BCUT2D eigenvalue weighted by Gasteiger charge is 2.46. The second-order valence-corrected chi connectivity index (χ2v) is 26.0. The zero-order valence-corrected chi connectivity index (χ0v) is 46.4. The molecule has 0 spiro atoms. The molecule has 0 bridgehead atoms. The molecule has 0 N–H and O–H groups in total. The van der Waals surface area contributed by atoms with E-state index in [4.69, 9.17) is 4.11 Å². The number of fused-ring (bicyclic) bond motifs is 10. The van der Waals surface area contributed by atoms with Gasteiger partial charge in [-0.05, 0) is 173 Å². The van der Waals surface area contributed by atoms with Crippen LogP contribution in [0.5, 0.6) is 0 Å². The Labute approximate surface area is 460 Å². The molecule has 2 aliphatic heterocycles. The van der Waals surface area contributed by atoms with Gasteiger partial charge in [0.25, 0.3) is 6.71 Å². The topological polar surface area (TPSA) is 9.72 Å². The number of nitrogens with zero attached hydrogens (tertiary/aromatic N) is 3. The third-order valence-corrected chi connectivity index (χ3v) is 17.4. The van der Waals surface area contributed by atoms with Crippen LogP contribution in [0.25, 0.3) is 22.3 Å². The maximum absolute atomic E-state index is 9.51. The van der Waals surface area contributed by atoms with Gasteiger partial charge in [0.15, 0.2) is 0 Å². The van der Waals surface area contributed by atoms with Gasteiger partial charge in [-0.2, -0.15) is 0 Å². The molecule has 9 aromatic carbocycles. The molecule has 0 saturated carbocycles. The van der Waals surface area contributed by atoms with E-state index in [-0.39, 0.29) is 63.6 Å². The largest absolute Gasteiger partial charge is 0.311 e. The maximum atomic E-state index is 9.51. The molecular weight excluding hydrogens is 918 g/mol. The lowest BCUT2D eigenvalue weighted by molar-refractivity contribution is 0.590. The van der Waals surface area contributed by atoms with Crippen molar-refractivity contribution in [2.75, 3.05) is 14.7 Å². The first kappa shape index (κ1) is 42.6. The maximum Gasteiger partial charge on any atom is 0.252 e. The van der Waals surface area contributed by atoms with Crippen molar-refractivity contribution in [3.63, 3.8) is 0 Å². The molecule has 376 valence electrons. The molecule has 0 unspecified atom stereocenters. The number of para-hydroxylation sites is 1. The number of hydrogen-bond acceptors (Lipinski definition) is 3. The third-order valence-electron chi connectivity index (χ3n) is 17.4. The molecule has 4 aliphatic rings. The molecule has 0 aromatic heterocycles. The number of hydrogen-bond donors (Lipinski definition) is 0. The van der Waals surface area contributed by atoms with Crippen LogP contribution in [-0.2, 0) is 27.1 Å². The summed E-state index contributed by atoms with van der Waals surface area (Å²) in [6, 6.07) is 56.9. The van der Waals surface area contributed by atoms with E-state index in [0.717, 1.165) is 45.2 Å². The average molecular weight is 993 g/mol. The summed E-state index contributed by atoms with van der Waals surface area (Å²) in [5.41, 5.74) is 24.2. The lowest BCUT2D eigenvalue weighted by Crippen LogP contribution is -2.61. The van der Waals surface area contributed by atoms with Gasteiger partial charge in [-0.15, -0.1) is 0 Å². The van der Waals surface area contributed by atoms with Crippen molar-refractivity contribution in [3.05, 3.63) is 227 Å². The van der Waals surface area contributed by atoms with Crippen molar-refractivity contribution in [1.82, 2.24) is 0 Å². The van der Waals surface area contributed by atoms with Gasteiger partial charge in [-0.3, -0.25) is 0 Å². The van der Waals surface area contributed by atoms with E-state index in [1.807, 2.05) is 17.0 Å². The Balaban J connectivity index is 1.13. The number of benzene rings is 9. The molecular formula is C72H70BN3. The molecule has 0 saturated heterocycles. The van der Waals surface area contributed by atoms with Crippen LogP contribution < -0.4 is 31.1 Å². The fourth-order valence-corrected chi connectivity index (χ4v) is 13.1. The summed E-state index contributed by atoms with van der Waals surface area (Å²) in [5, 5.41) is 0. The molecule has 0 atom stereocenters. The highest BCUT2D eigenvalue weighted by Crippen LogP contribution is 2.55. The Bertz CT molecular complexity index is 4130. The molecule has 76 heavy (non-hydrogen) atoms. The monoisotopic (exact) mass is 993 g/mol. The van der Waals surface area contributed by atoms with E-state index in [1.165, 1.54) is 66.6 Å². The van der Waals surface area contributed by atoms with Gasteiger partial charge in [-0.1, -0.05) is 199 Å². The second kappa shape index (κ2) is 16.5. The smallest absolute Gasteiger partial charge is 0.252 e. The van der Waals surface area contributed by atoms with Crippen LogP contribution in [0.4, 0.5) is 51.2 Å². The summed E-state index contributed by atoms with van der Waals surface area (Å²) in [6.07, 6.45) is 0. The van der Waals surface area contributed by atoms with Gasteiger partial charge in [0.05, 0.1) is 6.85 Å². The Hall–Kier alpha value is -7.56. The van der Waals surface area contributed by atoms with Crippen molar-refractivity contribution < 1.29 is 6.85 Å². The van der Waals surface area contributed by atoms with E-state index in [1.54, 1.807) is 0 Å². The van der Waals surface area contributed by atoms with Crippen molar-refractivity contribution in [3.8, 4) is 22.3 Å². The summed E-state index contributed by atoms with van der Waals surface area (Å²) in [7, 11) is 0. The minimum atomic E-state index is -0.425. The average Bonchev–Trinajstić information content (AvgIpc) is 3.45. The second-order valence-electron chi connectivity index (χ2n) is 26.0. The zero-order valence-electron chi connectivity index (χ0n) is 51.4. The first-order chi connectivity index (χ1) is 38.2. The summed E-state index contributed by atoms with van der Waals surface area (Å²) in [6.45, 7) is 29.5. The molecule has 13 rings (SSSR count). The minimum absolute atomic E-state index is 0.0932. The molecule has 0 fully saturated rings. The third kappa shape index (κ3) is 7.23. The lowest BCUT2D eigenvalue weighted by atomic mass is 9.33. The van der Waals surface area contributed by atoms with Crippen molar-refractivity contribution >= 4 is 74.3 Å². The van der Waals surface area contributed by atoms with E-state index in [9.17, 15) is 2.74 Å². The Morgan fingerprint density at radius 1 is 0.395 bits per heavy atom. The quantitative estimate of drug-likeness (QED) is 0.159. The van der Waals surface area contributed by atoms with Crippen molar-refractivity contribution in [2.45, 2.75) is 117 Å². The van der Waals surface area contributed by atoms with Crippen LogP contribution in [-0.4, -0.2) is 6.71 Å². The molecule has 9 aromatic rings. The minimum Gasteiger partial charge on any atom is -0.311 e. The fourth-order valence-electron chi connectivity index (χ4n) is 13.1. The summed E-state index contributed by atoms with van der Waals surface area (Å²) in [5.74, 6) is 0. The Morgan fingerprint density at radius 2 is 0.882 bits per heavy atom. The SMILES string of the molecule is [2H]c1c([2H])c([2H])c(N(c2ccc(C(C)(C)C)cc2)c2ccc3c(c2)N(c2ccc4c(c2)C(C)(C)c2ccccc2-4)c2cc(C(C)(C)C)cc4c2B3c2cc(C(C)(C)C)ccc2N4c2ccc3c(c2)C(C)(C)c2ccccc2-3)c([2H])c1[2H]. The summed E-state index contributed by atoms with van der Waals surface area (Å²) >= 11 is 0. The van der Waals surface area contributed by atoms with Gasteiger partial charge < -0.3 is 14.7 Å². The van der Waals surface area contributed by atoms with Crippen LogP contribution in [0.1, 0.15) is 136 Å². The van der Waals surface area contributed by atoms with Crippen LogP contribution in [0.3, 0.4) is 0 Å². The number of anilines is 9. The van der Waals surface area contributed by atoms with E-state index >= 15 is 0 Å². The molecule has 2 heterocycles. The molecule has 3 nitrogen and oxygen atoms in total.